The number of rotatable bonds is 4. The van der Waals surface area contributed by atoms with Gasteiger partial charge in [-0.05, 0) is 46.8 Å². The minimum absolute atomic E-state index is 0.164. The van der Waals surface area contributed by atoms with Gasteiger partial charge >= 0.3 is 0 Å². The van der Waals surface area contributed by atoms with E-state index in [1.807, 2.05) is 13.8 Å². The second kappa shape index (κ2) is 5.14. The first-order valence-electron chi connectivity index (χ1n) is 5.30. The Bertz CT molecular complexity index is 354. The van der Waals surface area contributed by atoms with Crippen LogP contribution in [0, 0.1) is 0 Å². The van der Waals surface area contributed by atoms with Crippen molar-refractivity contribution in [2.24, 2.45) is 0 Å². The summed E-state index contributed by atoms with van der Waals surface area (Å²) in [5, 5.41) is 5.52. The fourth-order valence-electron chi connectivity index (χ4n) is 1.68. The molecule has 1 aromatic rings. The second-order valence-electron chi connectivity index (χ2n) is 4.34. The van der Waals surface area contributed by atoms with E-state index in [1.54, 1.807) is 11.3 Å². The average molecular weight is 306 g/mol. The Morgan fingerprint density at radius 3 is 3.00 bits per heavy atom. The molecule has 90 valence electrons. The molecule has 0 aromatic carbocycles. The molecule has 0 radical (unpaired) electrons. The zero-order valence-corrected chi connectivity index (χ0v) is 11.9. The third-order valence-electron chi connectivity index (χ3n) is 2.39. The lowest BCUT2D eigenvalue weighted by Crippen LogP contribution is -2.30. The van der Waals surface area contributed by atoms with E-state index in [9.17, 15) is 0 Å². The summed E-state index contributed by atoms with van der Waals surface area (Å²) in [4.78, 5) is 0. The van der Waals surface area contributed by atoms with E-state index in [1.165, 1.54) is 9.35 Å². The number of thiophene rings is 1. The van der Waals surface area contributed by atoms with Gasteiger partial charge in [0, 0.05) is 13.1 Å². The first kappa shape index (κ1) is 12.5. The van der Waals surface area contributed by atoms with Crippen LogP contribution in [0.3, 0.4) is 0 Å². The van der Waals surface area contributed by atoms with Crippen molar-refractivity contribution in [3.63, 3.8) is 0 Å². The average Bonchev–Trinajstić information content (AvgIpc) is 2.73. The van der Waals surface area contributed by atoms with E-state index in [0.717, 1.165) is 13.1 Å². The Balaban J connectivity index is 1.69. The monoisotopic (exact) mass is 305 g/mol. The van der Waals surface area contributed by atoms with Crippen LogP contribution >= 0.6 is 27.3 Å². The molecule has 0 saturated carbocycles. The van der Waals surface area contributed by atoms with Gasteiger partial charge < -0.3 is 14.8 Å². The molecule has 3 nitrogen and oxygen atoms in total. The molecule has 1 atom stereocenters. The molecule has 1 saturated heterocycles. The van der Waals surface area contributed by atoms with Gasteiger partial charge in [-0.1, -0.05) is 0 Å². The first-order valence-corrected chi connectivity index (χ1v) is 6.98. The highest BCUT2D eigenvalue weighted by Crippen LogP contribution is 2.22. The molecule has 1 fully saturated rings. The third-order valence-corrected chi connectivity index (χ3v) is 3.94. The Labute approximate surface area is 108 Å². The van der Waals surface area contributed by atoms with Crippen LogP contribution in [-0.4, -0.2) is 25.0 Å². The van der Waals surface area contributed by atoms with Crippen molar-refractivity contribution < 1.29 is 9.47 Å². The summed E-state index contributed by atoms with van der Waals surface area (Å²) < 4.78 is 12.4. The fourth-order valence-corrected chi connectivity index (χ4v) is 2.89. The number of halogens is 1. The predicted octanol–water partition coefficient (Wildman–Crippen LogP) is 2.75. The summed E-state index contributed by atoms with van der Waals surface area (Å²) >= 11 is 5.16. The molecule has 5 heteroatoms. The molecule has 1 aliphatic heterocycles. The maximum absolute atomic E-state index is 5.70. The molecule has 1 N–H and O–H groups in total. The van der Waals surface area contributed by atoms with Crippen LogP contribution in [0.5, 0.6) is 0 Å². The third kappa shape index (κ3) is 3.53. The van der Waals surface area contributed by atoms with Gasteiger partial charge in [0.15, 0.2) is 5.79 Å². The second-order valence-corrected chi connectivity index (χ2v) is 6.63. The lowest BCUT2D eigenvalue weighted by molar-refractivity contribution is -0.137. The van der Waals surface area contributed by atoms with Gasteiger partial charge in [0.05, 0.1) is 16.5 Å². The molecule has 0 amide bonds. The molecule has 2 heterocycles. The van der Waals surface area contributed by atoms with Crippen molar-refractivity contribution in [2.45, 2.75) is 32.3 Å². The van der Waals surface area contributed by atoms with Gasteiger partial charge in [-0.2, -0.15) is 0 Å². The summed E-state index contributed by atoms with van der Waals surface area (Å²) in [6.07, 6.45) is 0.164. The minimum atomic E-state index is -0.419. The standard InChI is InChI=1S/C11H16BrNO2S/c1-11(2)14-6-9(15-11)5-13-4-8-3-10(12)16-7-8/h3,7,9,13H,4-6H2,1-2H3. The molecule has 0 aliphatic carbocycles. The van der Waals surface area contributed by atoms with Crippen molar-refractivity contribution in [3.05, 3.63) is 20.8 Å². The molecule has 16 heavy (non-hydrogen) atoms. The van der Waals surface area contributed by atoms with Crippen LogP contribution in [0.25, 0.3) is 0 Å². The van der Waals surface area contributed by atoms with Crippen molar-refractivity contribution in [3.8, 4) is 0 Å². The number of hydrogen-bond donors (Lipinski definition) is 1. The normalized spacial score (nSPS) is 23.8. The van der Waals surface area contributed by atoms with Gasteiger partial charge in [-0.25, -0.2) is 0 Å². The minimum Gasteiger partial charge on any atom is -0.348 e. The largest absolute Gasteiger partial charge is 0.348 e. The Morgan fingerprint density at radius 2 is 2.44 bits per heavy atom. The molecule has 1 unspecified atom stereocenters. The molecule has 2 rings (SSSR count). The molecule has 1 aliphatic rings. The van der Waals surface area contributed by atoms with E-state index in [-0.39, 0.29) is 6.10 Å². The van der Waals surface area contributed by atoms with Crippen LogP contribution in [0.2, 0.25) is 0 Å². The van der Waals surface area contributed by atoms with E-state index in [0.29, 0.717) is 6.61 Å². The number of nitrogens with one attached hydrogen (secondary N) is 1. The fraction of sp³-hybridized carbons (Fsp3) is 0.636. The van der Waals surface area contributed by atoms with Crippen LogP contribution < -0.4 is 5.32 Å². The van der Waals surface area contributed by atoms with E-state index >= 15 is 0 Å². The predicted molar refractivity (Wildman–Crippen MR) is 68.6 cm³/mol. The molecule has 1 aromatic heterocycles. The van der Waals surface area contributed by atoms with Crippen molar-refractivity contribution >= 4 is 27.3 Å². The smallest absolute Gasteiger partial charge is 0.163 e. The van der Waals surface area contributed by atoms with E-state index in [2.05, 4.69) is 32.7 Å². The quantitative estimate of drug-likeness (QED) is 0.928. The van der Waals surface area contributed by atoms with Crippen LogP contribution in [0.4, 0.5) is 0 Å². The van der Waals surface area contributed by atoms with Gasteiger partial charge in [0.25, 0.3) is 0 Å². The van der Waals surface area contributed by atoms with E-state index in [4.69, 9.17) is 9.47 Å². The van der Waals surface area contributed by atoms with Crippen molar-refractivity contribution in [2.75, 3.05) is 13.2 Å². The molecule has 0 bridgehead atoms. The molecular formula is C11H16BrNO2S. The van der Waals surface area contributed by atoms with Crippen LogP contribution in [-0.2, 0) is 16.0 Å². The number of hydrogen-bond acceptors (Lipinski definition) is 4. The molecular weight excluding hydrogens is 290 g/mol. The summed E-state index contributed by atoms with van der Waals surface area (Å²) in [5.41, 5.74) is 1.30. The topological polar surface area (TPSA) is 30.5 Å². The van der Waals surface area contributed by atoms with Gasteiger partial charge in [-0.15, -0.1) is 11.3 Å². The Hall–Kier alpha value is 0.0600. The van der Waals surface area contributed by atoms with Gasteiger partial charge in [-0.3, -0.25) is 0 Å². The summed E-state index contributed by atoms with van der Waals surface area (Å²) in [5.74, 6) is -0.419. The van der Waals surface area contributed by atoms with Crippen molar-refractivity contribution in [1.29, 1.82) is 0 Å². The van der Waals surface area contributed by atoms with Crippen LogP contribution in [0.1, 0.15) is 19.4 Å². The maximum Gasteiger partial charge on any atom is 0.163 e. The summed E-state index contributed by atoms with van der Waals surface area (Å²) in [7, 11) is 0. The SMILES string of the molecule is CC1(C)OCC(CNCc2csc(Br)c2)O1. The van der Waals surface area contributed by atoms with Crippen LogP contribution in [0.15, 0.2) is 15.2 Å². The Morgan fingerprint density at radius 1 is 1.62 bits per heavy atom. The zero-order chi connectivity index (χ0) is 11.6. The first-order chi connectivity index (χ1) is 7.55. The summed E-state index contributed by atoms with van der Waals surface area (Å²) in [6.45, 7) is 6.28. The van der Waals surface area contributed by atoms with Crippen molar-refractivity contribution in [1.82, 2.24) is 5.32 Å². The van der Waals surface area contributed by atoms with Gasteiger partial charge in [0.2, 0.25) is 0 Å². The molecule has 0 spiro atoms. The Kier molecular flexibility index (Phi) is 4.02. The summed E-state index contributed by atoms with van der Waals surface area (Å²) in [6, 6.07) is 2.13. The number of ether oxygens (including phenoxy) is 2. The van der Waals surface area contributed by atoms with Gasteiger partial charge in [0.1, 0.15) is 0 Å². The lowest BCUT2D eigenvalue weighted by Gasteiger charge is -2.17. The highest BCUT2D eigenvalue weighted by atomic mass is 79.9. The maximum atomic E-state index is 5.70. The zero-order valence-electron chi connectivity index (χ0n) is 9.46. The highest BCUT2D eigenvalue weighted by Gasteiger charge is 2.32. The lowest BCUT2D eigenvalue weighted by atomic mass is 10.3. The highest BCUT2D eigenvalue weighted by molar-refractivity contribution is 9.11. The van der Waals surface area contributed by atoms with E-state index < -0.39 is 5.79 Å².